The standard InChI is InChI=1S/C12H11N3O5/c1-7(13)12(16)20-19-10-5-4-9(15(17)18)8-3-2-6-14-11(8)10/h2-7H,13H2,1H3. The fourth-order valence-corrected chi connectivity index (χ4v) is 1.52. The minimum Gasteiger partial charge on any atom is -0.319 e. The SMILES string of the molecule is CC(N)C(=O)OOc1ccc([N+](=O)[O-])c2cccnc12. The molecule has 2 rings (SSSR count). The Morgan fingerprint density at radius 2 is 2.20 bits per heavy atom. The number of non-ortho nitro benzene ring substituents is 1. The largest absolute Gasteiger partial charge is 0.371 e. The van der Waals surface area contributed by atoms with Crippen LogP contribution in [0, 0.1) is 10.1 Å². The highest BCUT2D eigenvalue weighted by Crippen LogP contribution is 2.31. The number of benzene rings is 1. The molecule has 8 heteroatoms. The summed E-state index contributed by atoms with van der Waals surface area (Å²) in [7, 11) is 0. The summed E-state index contributed by atoms with van der Waals surface area (Å²) in [5.74, 6) is -0.660. The number of rotatable bonds is 4. The normalized spacial score (nSPS) is 11.9. The van der Waals surface area contributed by atoms with E-state index in [1.54, 1.807) is 6.07 Å². The Balaban J connectivity index is 2.38. The van der Waals surface area contributed by atoms with E-state index in [-0.39, 0.29) is 22.3 Å². The van der Waals surface area contributed by atoms with Crippen LogP contribution in [-0.2, 0) is 9.68 Å². The summed E-state index contributed by atoms with van der Waals surface area (Å²) < 4.78 is 0. The molecule has 0 aliphatic rings. The van der Waals surface area contributed by atoms with Gasteiger partial charge in [0.25, 0.3) is 5.69 Å². The van der Waals surface area contributed by atoms with Crippen LogP contribution in [0.3, 0.4) is 0 Å². The fraction of sp³-hybridized carbons (Fsp3) is 0.167. The van der Waals surface area contributed by atoms with Gasteiger partial charge in [0.15, 0.2) is 0 Å². The lowest BCUT2D eigenvalue weighted by molar-refractivity contribution is -0.383. The average Bonchev–Trinajstić information content (AvgIpc) is 2.43. The third-order valence-electron chi connectivity index (χ3n) is 2.49. The van der Waals surface area contributed by atoms with Crippen molar-refractivity contribution in [2.24, 2.45) is 5.73 Å². The van der Waals surface area contributed by atoms with E-state index in [4.69, 9.17) is 10.6 Å². The highest BCUT2D eigenvalue weighted by Gasteiger charge is 2.18. The summed E-state index contributed by atoms with van der Waals surface area (Å²) >= 11 is 0. The maximum Gasteiger partial charge on any atom is 0.371 e. The van der Waals surface area contributed by atoms with Crippen LogP contribution in [0.15, 0.2) is 30.5 Å². The topological polar surface area (TPSA) is 118 Å². The first-order chi connectivity index (χ1) is 9.50. The van der Waals surface area contributed by atoms with Gasteiger partial charge in [-0.05, 0) is 25.1 Å². The Hall–Kier alpha value is -2.74. The number of hydrogen-bond donors (Lipinski definition) is 1. The van der Waals surface area contributed by atoms with Gasteiger partial charge in [-0.25, -0.2) is 9.68 Å². The van der Waals surface area contributed by atoms with Crippen molar-refractivity contribution in [3.8, 4) is 5.75 Å². The molecule has 104 valence electrons. The van der Waals surface area contributed by atoms with E-state index in [1.807, 2.05) is 0 Å². The van der Waals surface area contributed by atoms with E-state index in [0.717, 1.165) is 0 Å². The molecule has 2 N–H and O–H groups in total. The Labute approximate surface area is 113 Å². The van der Waals surface area contributed by atoms with Crippen molar-refractivity contribution < 1.29 is 19.5 Å². The van der Waals surface area contributed by atoms with Crippen LogP contribution in [0.5, 0.6) is 5.75 Å². The molecule has 0 amide bonds. The van der Waals surface area contributed by atoms with Gasteiger partial charge >= 0.3 is 5.97 Å². The molecule has 8 nitrogen and oxygen atoms in total. The predicted molar refractivity (Wildman–Crippen MR) is 68.8 cm³/mol. The lowest BCUT2D eigenvalue weighted by Gasteiger charge is -2.08. The Kier molecular flexibility index (Phi) is 3.76. The lowest BCUT2D eigenvalue weighted by Crippen LogP contribution is -2.29. The van der Waals surface area contributed by atoms with Crippen LogP contribution in [-0.4, -0.2) is 21.9 Å². The van der Waals surface area contributed by atoms with Crippen molar-refractivity contribution in [1.29, 1.82) is 0 Å². The molecule has 0 spiro atoms. The van der Waals surface area contributed by atoms with Gasteiger partial charge in [-0.15, -0.1) is 0 Å². The van der Waals surface area contributed by atoms with E-state index in [9.17, 15) is 14.9 Å². The van der Waals surface area contributed by atoms with Gasteiger partial charge in [0, 0.05) is 12.3 Å². The van der Waals surface area contributed by atoms with E-state index in [1.165, 1.54) is 31.3 Å². The number of hydrogen-bond acceptors (Lipinski definition) is 7. The van der Waals surface area contributed by atoms with Crippen molar-refractivity contribution in [1.82, 2.24) is 4.98 Å². The predicted octanol–water partition coefficient (Wildman–Crippen LogP) is 1.33. The summed E-state index contributed by atoms with van der Waals surface area (Å²) in [6.07, 6.45) is 1.45. The molecule has 0 saturated heterocycles. The first-order valence-corrected chi connectivity index (χ1v) is 5.66. The molecular formula is C12H11N3O5. The molecule has 0 radical (unpaired) electrons. The number of nitrogens with two attached hydrogens (primary N) is 1. The summed E-state index contributed by atoms with van der Waals surface area (Å²) in [6, 6.07) is 4.81. The number of nitrogens with zero attached hydrogens (tertiary/aromatic N) is 2. The number of pyridine rings is 1. The average molecular weight is 277 g/mol. The van der Waals surface area contributed by atoms with Crippen molar-refractivity contribution >= 4 is 22.6 Å². The van der Waals surface area contributed by atoms with Crippen LogP contribution >= 0.6 is 0 Å². The maximum absolute atomic E-state index is 11.2. The summed E-state index contributed by atoms with van der Waals surface area (Å²) in [4.78, 5) is 35.0. The zero-order valence-corrected chi connectivity index (χ0v) is 10.5. The lowest BCUT2D eigenvalue weighted by atomic mass is 10.2. The molecule has 20 heavy (non-hydrogen) atoms. The minimum absolute atomic E-state index is 0.0974. The van der Waals surface area contributed by atoms with E-state index in [0.29, 0.717) is 0 Å². The molecule has 1 unspecified atom stereocenters. The van der Waals surface area contributed by atoms with Gasteiger partial charge < -0.3 is 5.73 Å². The third-order valence-corrected chi connectivity index (χ3v) is 2.49. The smallest absolute Gasteiger partial charge is 0.319 e. The van der Waals surface area contributed by atoms with Crippen LogP contribution in [0.25, 0.3) is 10.9 Å². The van der Waals surface area contributed by atoms with E-state index >= 15 is 0 Å². The number of nitro groups is 1. The molecule has 0 aliphatic heterocycles. The maximum atomic E-state index is 11.2. The monoisotopic (exact) mass is 277 g/mol. The second-order valence-electron chi connectivity index (χ2n) is 4.01. The van der Waals surface area contributed by atoms with Crippen molar-refractivity contribution in [2.75, 3.05) is 0 Å². The van der Waals surface area contributed by atoms with Crippen LogP contribution in [0.4, 0.5) is 5.69 Å². The molecule has 0 saturated carbocycles. The first-order valence-electron chi connectivity index (χ1n) is 5.66. The molecule has 0 bridgehead atoms. The van der Waals surface area contributed by atoms with Crippen molar-refractivity contribution in [2.45, 2.75) is 13.0 Å². The van der Waals surface area contributed by atoms with Gasteiger partial charge in [-0.1, -0.05) is 0 Å². The van der Waals surface area contributed by atoms with E-state index < -0.39 is 16.9 Å². The zero-order valence-electron chi connectivity index (χ0n) is 10.5. The second kappa shape index (κ2) is 5.49. The van der Waals surface area contributed by atoms with Crippen molar-refractivity contribution in [3.05, 3.63) is 40.6 Å². The summed E-state index contributed by atoms with van der Waals surface area (Å²) in [6.45, 7) is 1.44. The zero-order chi connectivity index (χ0) is 14.7. The summed E-state index contributed by atoms with van der Waals surface area (Å²) in [5.41, 5.74) is 5.43. The van der Waals surface area contributed by atoms with Crippen LogP contribution in [0.2, 0.25) is 0 Å². The Morgan fingerprint density at radius 3 is 2.85 bits per heavy atom. The van der Waals surface area contributed by atoms with Crippen LogP contribution in [0.1, 0.15) is 6.92 Å². The molecule has 1 aromatic heterocycles. The van der Waals surface area contributed by atoms with E-state index in [2.05, 4.69) is 9.87 Å². The van der Waals surface area contributed by atoms with Gasteiger partial charge in [0.05, 0.1) is 10.3 Å². The Morgan fingerprint density at radius 1 is 1.45 bits per heavy atom. The van der Waals surface area contributed by atoms with Crippen LogP contribution < -0.4 is 10.6 Å². The number of fused-ring (bicyclic) bond motifs is 1. The molecule has 1 atom stereocenters. The van der Waals surface area contributed by atoms with Gasteiger partial charge in [0.1, 0.15) is 11.6 Å². The van der Waals surface area contributed by atoms with Gasteiger partial charge in [-0.3, -0.25) is 20.0 Å². The number of aromatic nitrogens is 1. The van der Waals surface area contributed by atoms with Crippen molar-refractivity contribution in [3.63, 3.8) is 0 Å². The summed E-state index contributed by atoms with van der Waals surface area (Å²) in [5, 5.41) is 11.2. The molecule has 0 aliphatic carbocycles. The highest BCUT2D eigenvalue weighted by molar-refractivity contribution is 5.92. The third kappa shape index (κ3) is 2.64. The van der Waals surface area contributed by atoms with Gasteiger partial charge in [0.2, 0.25) is 5.75 Å². The number of carbonyl (C=O) groups excluding carboxylic acids is 1. The molecule has 2 aromatic rings. The first kappa shape index (κ1) is 13.7. The van der Waals surface area contributed by atoms with Gasteiger partial charge in [-0.2, -0.15) is 0 Å². The molecule has 0 fully saturated rings. The Bertz CT molecular complexity index is 671. The minimum atomic E-state index is -0.840. The fourth-order valence-electron chi connectivity index (χ4n) is 1.52. The quantitative estimate of drug-likeness (QED) is 0.508. The molecule has 1 heterocycles. The molecular weight excluding hydrogens is 266 g/mol. The highest BCUT2D eigenvalue weighted by atomic mass is 17.2. The number of carbonyl (C=O) groups is 1. The second-order valence-corrected chi connectivity index (χ2v) is 4.01. The molecule has 1 aromatic carbocycles. The number of nitro benzene ring substituents is 1.